The topological polar surface area (TPSA) is 44.8 Å². The summed E-state index contributed by atoms with van der Waals surface area (Å²) >= 11 is 0. The number of carbonyl (C=O) groups is 1. The van der Waals surface area contributed by atoms with E-state index < -0.39 is 0 Å². The van der Waals surface area contributed by atoms with Crippen LogP contribution < -0.4 is 4.74 Å². The molecule has 1 unspecified atom stereocenters. The van der Waals surface area contributed by atoms with Gasteiger partial charge in [0.05, 0.1) is 18.8 Å². The maximum Gasteiger partial charge on any atom is 0.338 e. The van der Waals surface area contributed by atoms with Crippen molar-refractivity contribution >= 4 is 5.97 Å². The van der Waals surface area contributed by atoms with Crippen molar-refractivity contribution in [2.75, 3.05) is 19.8 Å². The molecule has 0 fully saturated rings. The largest absolute Gasteiger partial charge is 0.494 e. The lowest BCUT2D eigenvalue weighted by Crippen LogP contribution is -2.20. The van der Waals surface area contributed by atoms with Gasteiger partial charge in [-0.1, -0.05) is 56.9 Å². The summed E-state index contributed by atoms with van der Waals surface area (Å²) < 4.78 is 16.5. The summed E-state index contributed by atoms with van der Waals surface area (Å²) in [6.45, 7) is 7.76. The van der Waals surface area contributed by atoms with Crippen LogP contribution in [0.2, 0.25) is 0 Å². The van der Waals surface area contributed by atoms with Crippen molar-refractivity contribution in [1.82, 2.24) is 0 Å². The number of esters is 1. The van der Waals surface area contributed by atoms with Gasteiger partial charge in [0.15, 0.2) is 0 Å². The fourth-order valence-electron chi connectivity index (χ4n) is 3.01. The summed E-state index contributed by atoms with van der Waals surface area (Å²) in [4.78, 5) is 12.2. The zero-order valence-corrected chi connectivity index (χ0v) is 18.0. The van der Waals surface area contributed by atoms with Crippen LogP contribution in [0.3, 0.4) is 0 Å². The number of hydrogen-bond acceptors (Lipinski definition) is 4. The molecule has 0 radical (unpaired) electrons. The van der Waals surface area contributed by atoms with Crippen LogP contribution in [0.4, 0.5) is 0 Å². The van der Waals surface area contributed by atoms with E-state index in [1.807, 2.05) is 50.2 Å². The highest BCUT2D eigenvalue weighted by molar-refractivity contribution is 5.90. The molecule has 0 N–H and O–H groups in total. The van der Waals surface area contributed by atoms with Crippen molar-refractivity contribution in [3.63, 3.8) is 0 Å². The van der Waals surface area contributed by atoms with Gasteiger partial charge in [-0.05, 0) is 55.7 Å². The molecule has 0 aromatic heterocycles. The van der Waals surface area contributed by atoms with Crippen LogP contribution in [0, 0.1) is 0 Å². The fourth-order valence-corrected chi connectivity index (χ4v) is 3.01. The predicted octanol–water partition coefficient (Wildman–Crippen LogP) is 6.28. The van der Waals surface area contributed by atoms with Gasteiger partial charge in [0.1, 0.15) is 11.9 Å². The smallest absolute Gasteiger partial charge is 0.338 e. The third-order valence-electron chi connectivity index (χ3n) is 4.69. The first-order valence-corrected chi connectivity index (χ1v) is 10.8. The van der Waals surface area contributed by atoms with Gasteiger partial charge in [-0.25, -0.2) is 4.79 Å². The number of ether oxygens (including phenoxy) is 3. The van der Waals surface area contributed by atoms with Crippen molar-refractivity contribution in [2.45, 2.75) is 59.0 Å². The Kier molecular flexibility index (Phi) is 10.3. The van der Waals surface area contributed by atoms with Crippen LogP contribution >= 0.6 is 0 Å². The van der Waals surface area contributed by atoms with E-state index >= 15 is 0 Å². The third-order valence-corrected chi connectivity index (χ3v) is 4.69. The molecule has 4 nitrogen and oxygen atoms in total. The highest BCUT2D eigenvalue weighted by Crippen LogP contribution is 2.23. The van der Waals surface area contributed by atoms with E-state index in [4.69, 9.17) is 14.2 Å². The van der Waals surface area contributed by atoms with Crippen molar-refractivity contribution < 1.29 is 19.0 Å². The third kappa shape index (κ3) is 8.28. The molecule has 2 aromatic carbocycles. The lowest BCUT2D eigenvalue weighted by molar-refractivity contribution is 0.00440. The molecule has 0 amide bonds. The lowest BCUT2D eigenvalue weighted by atomic mass is 10.0. The quantitative estimate of drug-likeness (QED) is 0.294. The first kappa shape index (κ1) is 23.0. The maximum absolute atomic E-state index is 12.2. The van der Waals surface area contributed by atoms with Crippen LogP contribution in [-0.2, 0) is 9.47 Å². The van der Waals surface area contributed by atoms with E-state index in [-0.39, 0.29) is 12.1 Å². The van der Waals surface area contributed by atoms with Crippen LogP contribution in [0.1, 0.15) is 63.2 Å². The maximum atomic E-state index is 12.2. The minimum atomic E-state index is -0.327. The van der Waals surface area contributed by atoms with Crippen molar-refractivity contribution in [2.24, 2.45) is 0 Å². The Morgan fingerprint density at radius 2 is 1.48 bits per heavy atom. The van der Waals surface area contributed by atoms with Gasteiger partial charge in [0.25, 0.3) is 0 Å². The van der Waals surface area contributed by atoms with Gasteiger partial charge < -0.3 is 14.2 Å². The zero-order chi connectivity index (χ0) is 20.9. The van der Waals surface area contributed by atoms with Crippen molar-refractivity contribution in [1.29, 1.82) is 0 Å². The second-order valence-corrected chi connectivity index (χ2v) is 7.24. The van der Waals surface area contributed by atoms with E-state index in [0.29, 0.717) is 18.8 Å². The molecule has 29 heavy (non-hydrogen) atoms. The normalized spacial score (nSPS) is 11.8. The second kappa shape index (κ2) is 13.0. The van der Waals surface area contributed by atoms with E-state index in [2.05, 4.69) is 6.92 Å². The minimum Gasteiger partial charge on any atom is -0.494 e. The molecule has 1 atom stereocenters. The average Bonchev–Trinajstić information content (AvgIpc) is 2.75. The fraction of sp³-hybridized carbons (Fsp3) is 0.480. The molecule has 0 bridgehead atoms. The van der Waals surface area contributed by atoms with Crippen LogP contribution in [-0.4, -0.2) is 31.9 Å². The Morgan fingerprint density at radius 3 is 2.10 bits per heavy atom. The first-order chi connectivity index (χ1) is 14.1. The van der Waals surface area contributed by atoms with Crippen molar-refractivity contribution in [3.8, 4) is 16.9 Å². The molecular formula is C25H34O4. The number of rotatable bonds is 13. The van der Waals surface area contributed by atoms with Gasteiger partial charge in [0.2, 0.25) is 0 Å². The molecule has 2 aromatic rings. The molecule has 0 aliphatic carbocycles. The standard InChI is InChI=1S/C25H34O4/c1-4-6-7-8-9-18-28-24-16-14-22(15-17-24)21-10-12-23(13-11-21)25(26)29-20(3)19-27-5-2/h10-17,20H,4-9,18-19H2,1-3H3. The summed E-state index contributed by atoms with van der Waals surface area (Å²) in [5.41, 5.74) is 2.68. The van der Waals surface area contributed by atoms with Gasteiger partial charge in [0, 0.05) is 6.61 Å². The summed E-state index contributed by atoms with van der Waals surface area (Å²) in [7, 11) is 0. The van der Waals surface area contributed by atoms with Gasteiger partial charge in [-0.15, -0.1) is 0 Å². The minimum absolute atomic E-state index is 0.263. The monoisotopic (exact) mass is 398 g/mol. The lowest BCUT2D eigenvalue weighted by Gasteiger charge is -2.13. The number of carbonyl (C=O) groups excluding carboxylic acids is 1. The zero-order valence-electron chi connectivity index (χ0n) is 18.0. The van der Waals surface area contributed by atoms with Crippen LogP contribution in [0.15, 0.2) is 48.5 Å². The molecule has 0 saturated carbocycles. The average molecular weight is 399 g/mol. The summed E-state index contributed by atoms with van der Waals surface area (Å²) in [5.74, 6) is 0.569. The summed E-state index contributed by atoms with van der Waals surface area (Å²) in [6, 6.07) is 15.6. The molecule has 4 heteroatoms. The van der Waals surface area contributed by atoms with E-state index in [1.165, 1.54) is 25.7 Å². The second-order valence-electron chi connectivity index (χ2n) is 7.24. The Hall–Kier alpha value is -2.33. The Bertz CT molecular complexity index is 707. The van der Waals surface area contributed by atoms with E-state index in [0.717, 1.165) is 29.9 Å². The first-order valence-electron chi connectivity index (χ1n) is 10.8. The molecule has 0 aliphatic rings. The van der Waals surface area contributed by atoms with Gasteiger partial charge >= 0.3 is 5.97 Å². The Labute approximate surface area is 175 Å². The molecule has 0 saturated heterocycles. The number of benzene rings is 2. The Balaban J connectivity index is 1.83. The van der Waals surface area contributed by atoms with Crippen LogP contribution in [0.5, 0.6) is 5.75 Å². The van der Waals surface area contributed by atoms with Gasteiger partial charge in [-0.3, -0.25) is 0 Å². The molecule has 2 rings (SSSR count). The van der Waals surface area contributed by atoms with E-state index in [9.17, 15) is 4.79 Å². The molecule has 158 valence electrons. The van der Waals surface area contributed by atoms with Crippen molar-refractivity contribution in [3.05, 3.63) is 54.1 Å². The SMILES string of the molecule is CCCCCCCOc1ccc(-c2ccc(C(=O)OC(C)COCC)cc2)cc1. The number of unbranched alkanes of at least 4 members (excludes halogenated alkanes) is 4. The highest BCUT2D eigenvalue weighted by atomic mass is 16.6. The number of hydrogen-bond donors (Lipinski definition) is 0. The van der Waals surface area contributed by atoms with Crippen LogP contribution in [0.25, 0.3) is 11.1 Å². The predicted molar refractivity (Wildman–Crippen MR) is 118 cm³/mol. The Morgan fingerprint density at radius 1 is 0.862 bits per heavy atom. The van der Waals surface area contributed by atoms with E-state index in [1.54, 1.807) is 12.1 Å². The summed E-state index contributed by atoms with van der Waals surface area (Å²) in [6.07, 6.45) is 5.91. The van der Waals surface area contributed by atoms with Gasteiger partial charge in [-0.2, -0.15) is 0 Å². The summed E-state index contributed by atoms with van der Waals surface area (Å²) in [5, 5.41) is 0. The molecule has 0 heterocycles. The highest BCUT2D eigenvalue weighted by Gasteiger charge is 2.12. The molecule has 0 spiro atoms. The molecule has 0 aliphatic heterocycles. The molecular weight excluding hydrogens is 364 g/mol.